The highest BCUT2D eigenvalue weighted by Gasteiger charge is 2.59. The summed E-state index contributed by atoms with van der Waals surface area (Å²) in [5, 5.41) is 28.6. The molecule has 5 aliphatic carbocycles. The van der Waals surface area contributed by atoms with Crippen LogP contribution in [0, 0.1) is 34.5 Å². The monoisotopic (exact) mass is 730 g/mol. The third kappa shape index (κ3) is 5.90. The van der Waals surface area contributed by atoms with Gasteiger partial charge >= 0.3 is 5.97 Å². The summed E-state index contributed by atoms with van der Waals surface area (Å²) in [5.41, 5.74) is 4.24. The quantitative estimate of drug-likeness (QED) is 0.121. The molecule has 6 atom stereocenters. The molecule has 0 radical (unpaired) electrons. The highest BCUT2D eigenvalue weighted by atomic mass is 16.6. The molecule has 54 heavy (non-hydrogen) atoms. The highest BCUT2D eigenvalue weighted by molar-refractivity contribution is 6.08. The number of hydrogen-bond acceptors (Lipinski definition) is 8. The van der Waals surface area contributed by atoms with Crippen molar-refractivity contribution in [1.82, 2.24) is 5.32 Å². The van der Waals surface area contributed by atoms with E-state index < -0.39 is 11.9 Å². The molecular formula is C44H46N2O8. The van der Waals surface area contributed by atoms with Crippen molar-refractivity contribution in [3.05, 3.63) is 87.6 Å². The minimum atomic E-state index is -1.11. The number of carboxylic acid groups (broad SMARTS) is 1. The second-order valence-electron chi connectivity index (χ2n) is 16.3. The van der Waals surface area contributed by atoms with Crippen LogP contribution in [0.4, 0.5) is 0 Å². The molecule has 3 N–H and O–H groups in total. The third-order valence-electron chi connectivity index (χ3n) is 13.7. The predicted molar refractivity (Wildman–Crippen MR) is 204 cm³/mol. The summed E-state index contributed by atoms with van der Waals surface area (Å²) in [6, 6.07) is 14.0. The summed E-state index contributed by atoms with van der Waals surface area (Å²) in [4.78, 5) is 55.7. The number of nitrogens with zero attached hydrogens (tertiary/aromatic N) is 1. The number of Topliss-reactive ketones (excluding diaryl/α,β-unsaturated/α-hetero) is 1. The van der Waals surface area contributed by atoms with Gasteiger partial charge in [-0.05, 0) is 129 Å². The number of aromatic hydroxyl groups is 1. The average Bonchev–Trinajstić information content (AvgIpc) is 3.51. The molecule has 3 saturated carbocycles. The van der Waals surface area contributed by atoms with Gasteiger partial charge in [-0.3, -0.25) is 14.4 Å². The van der Waals surface area contributed by atoms with Gasteiger partial charge in [0.1, 0.15) is 22.9 Å². The number of fused-ring (bicyclic) bond motifs is 7. The summed E-state index contributed by atoms with van der Waals surface area (Å²) in [6.07, 6.45) is 10.6. The number of amides is 1. The van der Waals surface area contributed by atoms with Crippen LogP contribution in [0.2, 0.25) is 0 Å². The fourth-order valence-corrected chi connectivity index (χ4v) is 11.1. The van der Waals surface area contributed by atoms with Gasteiger partial charge in [0.05, 0.1) is 23.4 Å². The molecule has 1 aliphatic heterocycles. The van der Waals surface area contributed by atoms with Gasteiger partial charge in [0.2, 0.25) is 0 Å². The Morgan fingerprint density at radius 2 is 1.78 bits per heavy atom. The normalized spacial score (nSPS) is 28.2. The molecule has 2 aromatic rings. The summed E-state index contributed by atoms with van der Waals surface area (Å²) < 4.78 is 6.19. The Labute approximate surface area is 313 Å². The van der Waals surface area contributed by atoms with E-state index in [0.717, 1.165) is 57.1 Å². The summed E-state index contributed by atoms with van der Waals surface area (Å²) in [7, 11) is 0. The van der Waals surface area contributed by atoms with Gasteiger partial charge in [-0.25, -0.2) is 4.79 Å². The second-order valence-corrected chi connectivity index (χ2v) is 16.3. The maximum absolute atomic E-state index is 13.0. The zero-order valence-electron chi connectivity index (χ0n) is 30.9. The SMILES string of the molecule is CC(=O)C1CCC2C3CCC4=C/C(=N/OCC(=O)NCc5c(O)ccc6c(-c7ccccc7C(=O)O)c7ccc(=O)cc-7oc56)CC[C@]4(C)C3CC[C@]12C. The van der Waals surface area contributed by atoms with Crippen molar-refractivity contribution in [3.63, 3.8) is 0 Å². The number of ketones is 1. The topological polar surface area (TPSA) is 156 Å². The fourth-order valence-electron chi connectivity index (χ4n) is 11.1. The Balaban J connectivity index is 0.976. The average molecular weight is 731 g/mol. The van der Waals surface area contributed by atoms with Crippen LogP contribution in [0.5, 0.6) is 5.75 Å². The number of carboxylic acids is 1. The maximum Gasteiger partial charge on any atom is 0.336 e. The first-order valence-corrected chi connectivity index (χ1v) is 19.1. The van der Waals surface area contributed by atoms with Crippen molar-refractivity contribution in [1.29, 1.82) is 0 Å². The van der Waals surface area contributed by atoms with Crippen LogP contribution in [0.15, 0.2) is 80.6 Å². The number of allylic oxidation sites excluding steroid dienone is 2. The number of hydrogen-bond donors (Lipinski definition) is 3. The lowest BCUT2D eigenvalue weighted by Crippen LogP contribution is -2.51. The van der Waals surface area contributed by atoms with Gasteiger partial charge in [0.15, 0.2) is 12.0 Å². The van der Waals surface area contributed by atoms with E-state index in [9.17, 15) is 29.4 Å². The zero-order chi connectivity index (χ0) is 37.9. The van der Waals surface area contributed by atoms with Crippen LogP contribution < -0.4 is 10.7 Å². The lowest BCUT2D eigenvalue weighted by Gasteiger charge is -2.58. The van der Waals surface area contributed by atoms with E-state index in [2.05, 4.69) is 30.4 Å². The molecule has 2 aromatic carbocycles. The van der Waals surface area contributed by atoms with Crippen LogP contribution >= 0.6 is 0 Å². The Hall–Kier alpha value is -5.25. The smallest absolute Gasteiger partial charge is 0.336 e. The Morgan fingerprint density at radius 3 is 2.57 bits per heavy atom. The van der Waals surface area contributed by atoms with E-state index in [1.807, 2.05) is 0 Å². The van der Waals surface area contributed by atoms with E-state index in [4.69, 9.17) is 9.25 Å². The first-order valence-electron chi connectivity index (χ1n) is 19.1. The van der Waals surface area contributed by atoms with Gasteiger partial charge in [-0.15, -0.1) is 0 Å². The first-order chi connectivity index (χ1) is 25.9. The molecule has 0 saturated heterocycles. The molecule has 8 rings (SSSR count). The van der Waals surface area contributed by atoms with Crippen LogP contribution in [0.3, 0.4) is 0 Å². The minimum absolute atomic E-state index is 0.0690. The summed E-state index contributed by atoms with van der Waals surface area (Å²) in [5.74, 6) is 0.959. The lowest BCUT2D eigenvalue weighted by atomic mass is 9.46. The van der Waals surface area contributed by atoms with Crippen LogP contribution in [-0.2, 0) is 21.0 Å². The second kappa shape index (κ2) is 13.6. The number of oxime groups is 1. The van der Waals surface area contributed by atoms with E-state index in [-0.39, 0.29) is 63.5 Å². The van der Waals surface area contributed by atoms with Gasteiger partial charge in [-0.1, -0.05) is 42.8 Å². The van der Waals surface area contributed by atoms with Crippen molar-refractivity contribution < 1.29 is 33.9 Å². The maximum atomic E-state index is 13.0. The number of phenolic OH excluding ortho intramolecular Hbond substituents is 1. The molecule has 1 amide bonds. The number of rotatable bonds is 8. The van der Waals surface area contributed by atoms with Gasteiger partial charge in [0.25, 0.3) is 5.91 Å². The van der Waals surface area contributed by atoms with Crippen LogP contribution in [-0.4, -0.2) is 40.2 Å². The van der Waals surface area contributed by atoms with Crippen LogP contribution in [0.25, 0.3) is 33.4 Å². The molecule has 10 nitrogen and oxygen atoms in total. The third-order valence-corrected chi connectivity index (χ3v) is 13.7. The Kier molecular flexibility index (Phi) is 8.98. The molecule has 10 heteroatoms. The standard InChI is InChI=1S/C44H46N2O8/c1-24(47)34-13-14-35-30-10-8-25-20-26(16-18-43(25,2)36(30)17-19-44(34,35)3)46-53-23-39(50)45-22-33-37(49)15-12-32-40(28-6-4-5-7-29(28)42(51)52)31-11-9-27(48)21-38(31)54-41(32)33/h4-7,9,11-12,15,20-21,30,34-36,49H,8,10,13-14,16-19,22-23H2,1-3H3,(H,45,50)(H,51,52)/b46-26+/t30?,34?,35?,36?,43-,44+/m0/s1. The van der Waals surface area contributed by atoms with Crippen molar-refractivity contribution in [2.45, 2.75) is 78.7 Å². The number of phenols is 1. The van der Waals surface area contributed by atoms with Crippen molar-refractivity contribution in [2.24, 2.45) is 39.7 Å². The van der Waals surface area contributed by atoms with Gasteiger partial charge in [0, 0.05) is 28.5 Å². The van der Waals surface area contributed by atoms with E-state index in [0.29, 0.717) is 45.6 Å². The largest absolute Gasteiger partial charge is 0.507 e. The molecule has 1 heterocycles. The minimum Gasteiger partial charge on any atom is -0.507 e. The number of carbonyl (C=O) groups is 3. The molecule has 280 valence electrons. The number of benzene rings is 3. The summed E-state index contributed by atoms with van der Waals surface area (Å²) >= 11 is 0. The predicted octanol–water partition coefficient (Wildman–Crippen LogP) is 8.13. The van der Waals surface area contributed by atoms with Gasteiger partial charge < -0.3 is 24.8 Å². The van der Waals surface area contributed by atoms with Crippen molar-refractivity contribution >= 4 is 34.3 Å². The molecule has 0 aromatic heterocycles. The number of aromatic carboxylic acids is 1. The Morgan fingerprint density at radius 1 is 0.963 bits per heavy atom. The molecular weight excluding hydrogens is 684 g/mol. The van der Waals surface area contributed by atoms with Crippen LogP contribution in [0.1, 0.15) is 88.1 Å². The van der Waals surface area contributed by atoms with Crippen molar-refractivity contribution in [3.8, 4) is 28.2 Å². The van der Waals surface area contributed by atoms with Crippen molar-refractivity contribution in [2.75, 3.05) is 6.61 Å². The first kappa shape index (κ1) is 35.8. The molecule has 3 fully saturated rings. The van der Waals surface area contributed by atoms with E-state index in [1.165, 1.54) is 29.8 Å². The van der Waals surface area contributed by atoms with Gasteiger partial charge in [-0.2, -0.15) is 0 Å². The highest BCUT2D eigenvalue weighted by Crippen LogP contribution is 2.66. The molecule has 0 spiro atoms. The number of carbonyl (C=O) groups excluding carboxylic acids is 2. The molecule has 0 bridgehead atoms. The molecule has 6 aliphatic rings. The van der Waals surface area contributed by atoms with E-state index in [1.54, 1.807) is 37.3 Å². The molecule has 4 unspecified atom stereocenters. The van der Waals surface area contributed by atoms with E-state index >= 15 is 0 Å². The zero-order valence-corrected chi connectivity index (χ0v) is 30.9. The fraction of sp³-hybridized carbons (Fsp3) is 0.432. The summed E-state index contributed by atoms with van der Waals surface area (Å²) in [6.45, 7) is 6.14. The lowest BCUT2D eigenvalue weighted by molar-refractivity contribution is -0.128. The number of nitrogens with one attached hydrogen (secondary N) is 1. The Bertz CT molecular complexity index is 2290.